The molecule has 4 aromatic rings. The van der Waals surface area contributed by atoms with E-state index in [-0.39, 0.29) is 0 Å². The van der Waals surface area contributed by atoms with Gasteiger partial charge in [-0.15, -0.1) is 0 Å². The lowest BCUT2D eigenvalue weighted by Gasteiger charge is -2.19. The fourth-order valence-corrected chi connectivity index (χ4v) is 6.96. The number of halogens is 6. The van der Waals surface area contributed by atoms with E-state index in [2.05, 4.69) is 6.07 Å². The normalized spacial score (nSPS) is 11.8. The fraction of sp³-hybridized carbons (Fsp3) is 0.0741. The van der Waals surface area contributed by atoms with E-state index in [1.807, 2.05) is 54.6 Å². The van der Waals surface area contributed by atoms with Crippen LogP contribution in [-0.2, 0) is 6.42 Å². The monoisotopic (exact) mass is 627 g/mol. The van der Waals surface area contributed by atoms with Crippen molar-refractivity contribution in [3.63, 3.8) is 0 Å². The molecule has 36 heavy (non-hydrogen) atoms. The minimum absolute atomic E-state index is 0.359. The van der Waals surface area contributed by atoms with Gasteiger partial charge < -0.3 is 0 Å². The molecule has 0 heterocycles. The highest BCUT2D eigenvalue weighted by molar-refractivity contribution is 7.99. The highest BCUT2D eigenvalue weighted by Crippen LogP contribution is 2.44. The zero-order valence-corrected chi connectivity index (χ0v) is 24.4. The molecule has 0 aromatic heterocycles. The van der Waals surface area contributed by atoms with Crippen LogP contribution < -0.4 is 0 Å². The van der Waals surface area contributed by atoms with Crippen molar-refractivity contribution in [1.29, 1.82) is 5.26 Å². The molecule has 0 amide bonds. The van der Waals surface area contributed by atoms with E-state index in [4.69, 9.17) is 69.6 Å². The van der Waals surface area contributed by atoms with Crippen LogP contribution in [0.1, 0.15) is 17.0 Å². The van der Waals surface area contributed by atoms with E-state index in [1.165, 1.54) is 23.5 Å². The molecule has 1 atom stereocenters. The molecule has 0 saturated carbocycles. The van der Waals surface area contributed by atoms with Crippen molar-refractivity contribution >= 4 is 93.1 Å². The van der Waals surface area contributed by atoms with Gasteiger partial charge in [-0.3, -0.25) is 0 Å². The lowest BCUT2D eigenvalue weighted by atomic mass is 9.93. The quantitative estimate of drug-likeness (QED) is 0.203. The van der Waals surface area contributed by atoms with Crippen LogP contribution >= 0.6 is 93.1 Å². The van der Waals surface area contributed by atoms with Gasteiger partial charge in [-0.25, -0.2) is 0 Å². The Kier molecular flexibility index (Phi) is 9.72. The third-order valence-electron chi connectivity index (χ3n) is 5.14. The molecule has 0 aliphatic rings. The molecule has 0 unspecified atom stereocenters. The minimum atomic E-state index is -0.560. The van der Waals surface area contributed by atoms with Crippen molar-refractivity contribution < 1.29 is 0 Å². The van der Waals surface area contributed by atoms with Crippen molar-refractivity contribution in [3.8, 4) is 6.07 Å². The van der Waals surface area contributed by atoms with Gasteiger partial charge in [0.15, 0.2) is 0 Å². The predicted molar refractivity (Wildman–Crippen MR) is 156 cm³/mol. The van der Waals surface area contributed by atoms with E-state index in [0.717, 1.165) is 30.7 Å². The van der Waals surface area contributed by atoms with Gasteiger partial charge in [-0.05, 0) is 90.3 Å². The summed E-state index contributed by atoms with van der Waals surface area (Å²) >= 11 is 41.0. The first-order valence-corrected chi connectivity index (χ1v) is 14.4. The van der Waals surface area contributed by atoms with Crippen molar-refractivity contribution in [1.82, 2.24) is 0 Å². The van der Waals surface area contributed by atoms with E-state index < -0.39 is 5.92 Å². The lowest BCUT2D eigenvalue weighted by molar-refractivity contribution is 0.816. The highest BCUT2D eigenvalue weighted by Gasteiger charge is 2.23. The first-order valence-electron chi connectivity index (χ1n) is 10.5. The maximum absolute atomic E-state index is 10.2. The van der Waals surface area contributed by atoms with Gasteiger partial charge in [0.05, 0.1) is 22.0 Å². The summed E-state index contributed by atoms with van der Waals surface area (Å²) in [5.74, 6) is -0.560. The Labute approximate surface area is 248 Å². The first-order chi connectivity index (χ1) is 17.2. The average molecular weight is 630 g/mol. The number of hydrogen-bond acceptors (Lipinski definition) is 3. The summed E-state index contributed by atoms with van der Waals surface area (Å²) in [6.07, 6.45) is 0.359. The summed E-state index contributed by atoms with van der Waals surface area (Å²) in [6, 6.07) is 24.3. The number of nitriles is 1. The lowest BCUT2D eigenvalue weighted by Crippen LogP contribution is -2.04. The van der Waals surface area contributed by atoms with Crippen LogP contribution in [0.2, 0.25) is 30.1 Å². The van der Waals surface area contributed by atoms with Gasteiger partial charge in [-0.2, -0.15) is 5.26 Å². The molecule has 0 N–H and O–H groups in total. The van der Waals surface area contributed by atoms with Crippen LogP contribution in [0.3, 0.4) is 0 Å². The maximum atomic E-state index is 10.2. The molecular formula is C27H15Cl6NS2. The summed E-state index contributed by atoms with van der Waals surface area (Å²) < 4.78 is 0. The first kappa shape index (κ1) is 27.8. The van der Waals surface area contributed by atoms with Gasteiger partial charge in [0.1, 0.15) is 0 Å². The zero-order valence-electron chi connectivity index (χ0n) is 18.2. The van der Waals surface area contributed by atoms with Crippen molar-refractivity contribution in [2.75, 3.05) is 0 Å². The summed E-state index contributed by atoms with van der Waals surface area (Å²) in [4.78, 5) is 3.48. The molecule has 4 rings (SSSR count). The second kappa shape index (κ2) is 12.6. The summed E-state index contributed by atoms with van der Waals surface area (Å²) in [5, 5.41) is 13.5. The van der Waals surface area contributed by atoms with Crippen molar-refractivity contribution in [3.05, 3.63) is 114 Å². The Bertz CT molecular complexity index is 1430. The van der Waals surface area contributed by atoms with E-state index >= 15 is 0 Å². The Balaban J connectivity index is 1.73. The maximum Gasteiger partial charge on any atom is 0.0765 e. The Morgan fingerprint density at radius 2 is 1.08 bits per heavy atom. The van der Waals surface area contributed by atoms with Gasteiger partial charge in [-0.1, -0.05) is 93.1 Å². The van der Waals surface area contributed by atoms with Gasteiger partial charge in [0.2, 0.25) is 0 Å². The molecule has 0 saturated heterocycles. The van der Waals surface area contributed by atoms with Crippen LogP contribution in [0, 0.1) is 11.3 Å². The smallest absolute Gasteiger partial charge is 0.0765 e. The van der Waals surface area contributed by atoms with Gasteiger partial charge >= 0.3 is 0 Å². The Morgan fingerprint density at radius 3 is 1.61 bits per heavy atom. The highest BCUT2D eigenvalue weighted by atomic mass is 35.5. The second-order valence-corrected chi connectivity index (χ2v) is 12.4. The fourth-order valence-electron chi connectivity index (χ4n) is 3.51. The summed E-state index contributed by atoms with van der Waals surface area (Å²) in [7, 11) is 0. The molecule has 1 nitrogen and oxygen atoms in total. The molecule has 9 heteroatoms. The molecule has 0 aliphatic heterocycles. The Morgan fingerprint density at radius 1 is 0.611 bits per heavy atom. The van der Waals surface area contributed by atoms with Crippen LogP contribution in [-0.4, -0.2) is 0 Å². The van der Waals surface area contributed by atoms with Crippen LogP contribution in [0.5, 0.6) is 0 Å². The largest absolute Gasteiger partial charge is 0.198 e. The number of nitrogens with zero attached hydrogens (tertiary/aromatic N) is 1. The van der Waals surface area contributed by atoms with Gasteiger partial charge in [0.25, 0.3) is 0 Å². The zero-order chi connectivity index (χ0) is 25.8. The van der Waals surface area contributed by atoms with Crippen LogP contribution in [0.25, 0.3) is 0 Å². The summed E-state index contributed by atoms with van der Waals surface area (Å²) in [5.41, 5.74) is 1.58. The van der Waals surface area contributed by atoms with Gasteiger partial charge in [0, 0.05) is 39.7 Å². The average Bonchev–Trinajstić information content (AvgIpc) is 2.83. The standard InChI is InChI=1S/C27H15Cl6NS2/c28-17-1-5-21(6-2-17)35-26-15(10-19(30)12-24(26)32)9-16(14-34)23-11-20(31)13-25(33)27(23)36-22-7-3-18(29)4-8-22/h1-8,10-13,16H,9H2/t16-/m0/s1. The number of hydrogen-bond donors (Lipinski definition) is 0. The van der Waals surface area contributed by atoms with E-state index in [9.17, 15) is 5.26 Å². The second-order valence-electron chi connectivity index (χ2n) is 7.68. The molecule has 182 valence electrons. The number of benzene rings is 4. The third kappa shape index (κ3) is 7.01. The topological polar surface area (TPSA) is 23.8 Å². The van der Waals surface area contributed by atoms with Crippen molar-refractivity contribution in [2.24, 2.45) is 0 Å². The van der Waals surface area contributed by atoms with E-state index in [1.54, 1.807) is 18.2 Å². The summed E-state index contributed by atoms with van der Waals surface area (Å²) in [6.45, 7) is 0. The SMILES string of the molecule is N#C[C@H](Cc1cc(Cl)cc(Cl)c1Sc1ccc(Cl)cc1)c1cc(Cl)cc(Cl)c1Sc1ccc(Cl)cc1. The van der Waals surface area contributed by atoms with Crippen molar-refractivity contribution in [2.45, 2.75) is 31.9 Å². The molecule has 0 fully saturated rings. The molecular weight excluding hydrogens is 615 g/mol. The minimum Gasteiger partial charge on any atom is -0.198 e. The molecule has 4 aromatic carbocycles. The molecule has 0 bridgehead atoms. The third-order valence-corrected chi connectivity index (χ3v) is 9.27. The van der Waals surface area contributed by atoms with Crippen LogP contribution in [0.15, 0.2) is 92.4 Å². The number of rotatable bonds is 7. The predicted octanol–water partition coefficient (Wildman–Crippen LogP) is 11.8. The molecule has 0 radical (unpaired) electrons. The van der Waals surface area contributed by atoms with Crippen LogP contribution in [0.4, 0.5) is 0 Å². The molecule has 0 spiro atoms. The van der Waals surface area contributed by atoms with E-state index in [0.29, 0.717) is 36.6 Å². The Hall–Kier alpha value is -1.19. The molecule has 0 aliphatic carbocycles.